The molecule has 0 spiro atoms. The van der Waals surface area contributed by atoms with E-state index in [4.69, 9.17) is 14.7 Å². The third-order valence-corrected chi connectivity index (χ3v) is 3.16. The molecular weight excluding hydrogens is 264 g/mol. The quantitative estimate of drug-likeness (QED) is 0.732. The van der Waals surface area contributed by atoms with Crippen LogP contribution in [0.15, 0.2) is 42.7 Å². The SMILES string of the molecule is COc1cc(COCCCc2ccncc2)ccc1C#N. The van der Waals surface area contributed by atoms with E-state index in [2.05, 4.69) is 11.1 Å². The maximum absolute atomic E-state index is 8.93. The Labute approximate surface area is 125 Å². The van der Waals surface area contributed by atoms with Gasteiger partial charge in [-0.15, -0.1) is 0 Å². The Hall–Kier alpha value is -2.38. The zero-order chi connectivity index (χ0) is 14.9. The average Bonchev–Trinajstić information content (AvgIpc) is 2.55. The molecule has 0 aliphatic carbocycles. The number of rotatable bonds is 7. The minimum absolute atomic E-state index is 0.526. The molecule has 21 heavy (non-hydrogen) atoms. The normalized spacial score (nSPS) is 10.1. The van der Waals surface area contributed by atoms with Gasteiger partial charge < -0.3 is 9.47 Å². The summed E-state index contributed by atoms with van der Waals surface area (Å²) >= 11 is 0. The Balaban J connectivity index is 1.75. The summed E-state index contributed by atoms with van der Waals surface area (Å²) in [6.07, 6.45) is 5.56. The number of nitriles is 1. The Morgan fingerprint density at radius 1 is 1.14 bits per heavy atom. The van der Waals surface area contributed by atoms with Crippen molar-refractivity contribution in [1.29, 1.82) is 5.26 Å². The first kappa shape index (κ1) is 15.0. The van der Waals surface area contributed by atoms with Crippen molar-refractivity contribution in [3.8, 4) is 11.8 Å². The molecule has 2 aromatic rings. The molecule has 2 rings (SSSR count). The van der Waals surface area contributed by atoms with Crippen LogP contribution in [-0.4, -0.2) is 18.7 Å². The van der Waals surface area contributed by atoms with Gasteiger partial charge in [0.15, 0.2) is 0 Å². The number of methoxy groups -OCH3 is 1. The zero-order valence-corrected chi connectivity index (χ0v) is 12.1. The summed E-state index contributed by atoms with van der Waals surface area (Å²) in [6.45, 7) is 1.23. The highest BCUT2D eigenvalue weighted by molar-refractivity contribution is 5.45. The Kier molecular flexibility index (Phi) is 5.74. The maximum Gasteiger partial charge on any atom is 0.136 e. The second-order valence-corrected chi connectivity index (χ2v) is 4.66. The first-order valence-corrected chi connectivity index (χ1v) is 6.87. The number of aromatic nitrogens is 1. The van der Waals surface area contributed by atoms with Crippen LogP contribution in [-0.2, 0) is 17.8 Å². The predicted octanol–water partition coefficient (Wildman–Crippen LogP) is 3.11. The Morgan fingerprint density at radius 2 is 1.95 bits per heavy atom. The van der Waals surface area contributed by atoms with Crippen LogP contribution in [0.5, 0.6) is 5.75 Å². The summed E-state index contributed by atoms with van der Waals surface area (Å²) in [5, 5.41) is 8.93. The highest BCUT2D eigenvalue weighted by Crippen LogP contribution is 2.19. The fourth-order valence-corrected chi connectivity index (χ4v) is 2.04. The first-order chi connectivity index (χ1) is 10.3. The summed E-state index contributed by atoms with van der Waals surface area (Å²) in [4.78, 5) is 3.99. The second kappa shape index (κ2) is 8.03. The Morgan fingerprint density at radius 3 is 2.67 bits per heavy atom. The van der Waals surface area contributed by atoms with Crippen LogP contribution in [0.2, 0.25) is 0 Å². The van der Waals surface area contributed by atoms with Crippen molar-refractivity contribution >= 4 is 0 Å². The van der Waals surface area contributed by atoms with Gasteiger partial charge in [-0.2, -0.15) is 5.26 Å². The predicted molar refractivity (Wildman–Crippen MR) is 79.9 cm³/mol. The van der Waals surface area contributed by atoms with Gasteiger partial charge in [-0.25, -0.2) is 0 Å². The van der Waals surface area contributed by atoms with Crippen LogP contribution >= 0.6 is 0 Å². The molecule has 0 saturated heterocycles. The molecule has 4 nitrogen and oxygen atoms in total. The number of ether oxygens (including phenoxy) is 2. The van der Waals surface area contributed by atoms with Crippen LogP contribution in [0.3, 0.4) is 0 Å². The fraction of sp³-hybridized carbons (Fsp3) is 0.294. The fourth-order valence-electron chi connectivity index (χ4n) is 2.04. The monoisotopic (exact) mass is 282 g/mol. The number of benzene rings is 1. The number of hydrogen-bond donors (Lipinski definition) is 0. The molecule has 1 aromatic carbocycles. The van der Waals surface area contributed by atoms with Crippen molar-refractivity contribution in [3.63, 3.8) is 0 Å². The smallest absolute Gasteiger partial charge is 0.136 e. The number of hydrogen-bond acceptors (Lipinski definition) is 4. The number of nitrogens with zero attached hydrogens (tertiary/aromatic N) is 2. The van der Waals surface area contributed by atoms with Gasteiger partial charge in [-0.05, 0) is 48.2 Å². The van der Waals surface area contributed by atoms with Crippen molar-refractivity contribution in [2.24, 2.45) is 0 Å². The van der Waals surface area contributed by atoms with Crippen LogP contribution in [0, 0.1) is 11.3 Å². The van der Waals surface area contributed by atoms with E-state index in [1.807, 2.05) is 24.3 Å². The van der Waals surface area contributed by atoms with E-state index in [0.717, 1.165) is 18.4 Å². The summed E-state index contributed by atoms with van der Waals surface area (Å²) < 4.78 is 10.8. The summed E-state index contributed by atoms with van der Waals surface area (Å²) in [7, 11) is 1.57. The van der Waals surface area contributed by atoms with E-state index in [9.17, 15) is 0 Å². The molecule has 4 heteroatoms. The standard InChI is InChI=1S/C17H18N2O2/c1-20-17-11-15(4-5-16(17)12-18)13-21-10-2-3-14-6-8-19-9-7-14/h4-9,11H,2-3,10,13H2,1H3. The van der Waals surface area contributed by atoms with E-state index in [-0.39, 0.29) is 0 Å². The van der Waals surface area contributed by atoms with Crippen molar-refractivity contribution in [2.45, 2.75) is 19.4 Å². The van der Waals surface area contributed by atoms with E-state index < -0.39 is 0 Å². The van der Waals surface area contributed by atoms with Gasteiger partial charge in [-0.1, -0.05) is 6.07 Å². The van der Waals surface area contributed by atoms with Crippen molar-refractivity contribution in [3.05, 3.63) is 59.4 Å². The second-order valence-electron chi connectivity index (χ2n) is 4.66. The zero-order valence-electron chi connectivity index (χ0n) is 12.1. The van der Waals surface area contributed by atoms with Crippen molar-refractivity contribution < 1.29 is 9.47 Å². The molecule has 0 aliphatic heterocycles. The van der Waals surface area contributed by atoms with Gasteiger partial charge in [0.05, 0.1) is 19.3 Å². The lowest BCUT2D eigenvalue weighted by molar-refractivity contribution is 0.118. The maximum atomic E-state index is 8.93. The van der Waals surface area contributed by atoms with Crippen molar-refractivity contribution in [1.82, 2.24) is 4.98 Å². The molecular formula is C17H18N2O2. The molecule has 0 atom stereocenters. The molecule has 1 aromatic heterocycles. The van der Waals surface area contributed by atoms with Gasteiger partial charge in [0.25, 0.3) is 0 Å². The largest absolute Gasteiger partial charge is 0.495 e. The molecule has 0 fully saturated rings. The minimum Gasteiger partial charge on any atom is -0.495 e. The van der Waals surface area contributed by atoms with Crippen molar-refractivity contribution in [2.75, 3.05) is 13.7 Å². The molecule has 0 bridgehead atoms. The van der Waals surface area contributed by atoms with E-state index in [0.29, 0.717) is 24.5 Å². The van der Waals surface area contributed by atoms with Crippen LogP contribution in [0.4, 0.5) is 0 Å². The molecule has 108 valence electrons. The molecule has 0 aliphatic rings. The highest BCUT2D eigenvalue weighted by atomic mass is 16.5. The van der Waals surface area contributed by atoms with Crippen LogP contribution < -0.4 is 4.74 Å². The van der Waals surface area contributed by atoms with Gasteiger partial charge in [-0.3, -0.25) is 4.98 Å². The number of aryl methyl sites for hydroxylation is 1. The van der Waals surface area contributed by atoms with Gasteiger partial charge in [0.1, 0.15) is 11.8 Å². The van der Waals surface area contributed by atoms with Gasteiger partial charge in [0, 0.05) is 19.0 Å². The molecule has 0 saturated carbocycles. The molecule has 0 N–H and O–H groups in total. The van der Waals surface area contributed by atoms with Gasteiger partial charge >= 0.3 is 0 Å². The molecule has 0 radical (unpaired) electrons. The lowest BCUT2D eigenvalue weighted by Crippen LogP contribution is -1.98. The summed E-state index contributed by atoms with van der Waals surface area (Å²) in [5.41, 5.74) is 2.82. The van der Waals surface area contributed by atoms with E-state index >= 15 is 0 Å². The van der Waals surface area contributed by atoms with E-state index in [1.165, 1.54) is 5.56 Å². The third-order valence-electron chi connectivity index (χ3n) is 3.16. The minimum atomic E-state index is 0.526. The highest BCUT2D eigenvalue weighted by Gasteiger charge is 2.03. The summed E-state index contributed by atoms with van der Waals surface area (Å²) in [6, 6.07) is 11.6. The molecule has 0 amide bonds. The van der Waals surface area contributed by atoms with Gasteiger partial charge in [0.2, 0.25) is 0 Å². The Bertz CT molecular complexity index is 606. The van der Waals surface area contributed by atoms with Crippen LogP contribution in [0.1, 0.15) is 23.1 Å². The average molecular weight is 282 g/mol. The summed E-state index contributed by atoms with van der Waals surface area (Å²) in [5.74, 6) is 0.593. The lowest BCUT2D eigenvalue weighted by atomic mass is 10.1. The topological polar surface area (TPSA) is 55.1 Å². The third kappa shape index (κ3) is 4.59. The lowest BCUT2D eigenvalue weighted by Gasteiger charge is -2.07. The van der Waals surface area contributed by atoms with E-state index in [1.54, 1.807) is 25.6 Å². The first-order valence-electron chi connectivity index (χ1n) is 6.87. The molecule has 1 heterocycles. The van der Waals surface area contributed by atoms with Crippen LogP contribution in [0.25, 0.3) is 0 Å². The number of pyridine rings is 1. The molecule has 0 unspecified atom stereocenters.